The minimum absolute atomic E-state index is 0.309. The second-order valence-corrected chi connectivity index (χ2v) is 7.94. The van der Waals surface area contributed by atoms with E-state index in [1.165, 1.54) is 19.1 Å². The van der Waals surface area contributed by atoms with Crippen molar-refractivity contribution in [2.24, 2.45) is 5.92 Å². The molecule has 1 aliphatic rings. The molecule has 1 fully saturated rings. The van der Waals surface area contributed by atoms with Crippen LogP contribution in [0.25, 0.3) is 0 Å². The lowest BCUT2D eigenvalue weighted by atomic mass is 9.87. The molecule has 0 unspecified atom stereocenters. The van der Waals surface area contributed by atoms with E-state index >= 15 is 0 Å². The number of anilines is 1. The van der Waals surface area contributed by atoms with Crippen molar-refractivity contribution in [2.45, 2.75) is 43.5 Å². The number of benzene rings is 1. The van der Waals surface area contributed by atoms with Crippen LogP contribution >= 0.6 is 11.6 Å². The maximum absolute atomic E-state index is 11.6. The first-order valence-electron chi connectivity index (χ1n) is 6.62. The fourth-order valence-electron chi connectivity index (χ4n) is 2.47. The minimum Gasteiger partial charge on any atom is -0.381 e. The molecule has 5 heteroatoms. The van der Waals surface area contributed by atoms with E-state index in [-0.39, 0.29) is 0 Å². The molecule has 0 aliphatic heterocycles. The van der Waals surface area contributed by atoms with Crippen molar-refractivity contribution in [1.82, 2.24) is 0 Å². The molecule has 0 atom stereocenters. The van der Waals surface area contributed by atoms with Gasteiger partial charge in [0.15, 0.2) is 9.84 Å². The Morgan fingerprint density at radius 1 is 1.21 bits per heavy atom. The third-order valence-electron chi connectivity index (χ3n) is 3.74. The van der Waals surface area contributed by atoms with Crippen LogP contribution in [-0.2, 0) is 9.84 Å². The summed E-state index contributed by atoms with van der Waals surface area (Å²) in [6.07, 6.45) is 5.85. The molecule has 0 bridgehead atoms. The first-order valence-corrected chi connectivity index (χ1v) is 8.89. The van der Waals surface area contributed by atoms with Crippen LogP contribution in [0.4, 0.5) is 5.69 Å². The Hall–Kier alpha value is -0.740. The van der Waals surface area contributed by atoms with E-state index in [0.29, 0.717) is 16.0 Å². The number of hydrogen-bond donors (Lipinski definition) is 1. The Kier molecular flexibility index (Phi) is 4.41. The highest BCUT2D eigenvalue weighted by Crippen LogP contribution is 2.30. The second kappa shape index (κ2) is 5.71. The highest BCUT2D eigenvalue weighted by Gasteiger charge is 2.19. The molecule has 1 N–H and O–H groups in total. The molecule has 1 aromatic rings. The van der Waals surface area contributed by atoms with Crippen LogP contribution in [0.5, 0.6) is 0 Å². The number of nitrogens with one attached hydrogen (secondary N) is 1. The van der Waals surface area contributed by atoms with Gasteiger partial charge < -0.3 is 5.32 Å². The van der Waals surface area contributed by atoms with Crippen molar-refractivity contribution >= 4 is 27.1 Å². The van der Waals surface area contributed by atoms with Gasteiger partial charge >= 0.3 is 0 Å². The SMILES string of the molecule is CC1CCC(Nc2cc(S(C)(=O)=O)ccc2Cl)CC1. The molecule has 1 aromatic carbocycles. The molecular formula is C14H20ClNO2S. The largest absolute Gasteiger partial charge is 0.381 e. The zero-order valence-electron chi connectivity index (χ0n) is 11.3. The molecule has 106 valence electrons. The van der Waals surface area contributed by atoms with E-state index in [1.807, 2.05) is 0 Å². The minimum atomic E-state index is -3.19. The topological polar surface area (TPSA) is 46.2 Å². The predicted octanol–water partition coefficient (Wildman–Crippen LogP) is 3.73. The standard InChI is InChI=1S/C14H20ClNO2S/c1-10-3-5-11(6-4-10)16-14-9-12(19(2,17)18)7-8-13(14)15/h7-11,16H,3-6H2,1-2H3. The monoisotopic (exact) mass is 301 g/mol. The van der Waals surface area contributed by atoms with Gasteiger partial charge in [0.05, 0.1) is 15.6 Å². The zero-order valence-corrected chi connectivity index (χ0v) is 12.9. The molecule has 0 aromatic heterocycles. The highest BCUT2D eigenvalue weighted by atomic mass is 35.5. The van der Waals surface area contributed by atoms with Crippen molar-refractivity contribution in [3.05, 3.63) is 23.2 Å². The normalized spacial score (nSPS) is 24.2. The van der Waals surface area contributed by atoms with E-state index < -0.39 is 9.84 Å². The van der Waals surface area contributed by atoms with Crippen LogP contribution in [0.15, 0.2) is 23.1 Å². The van der Waals surface area contributed by atoms with Crippen molar-refractivity contribution in [1.29, 1.82) is 0 Å². The molecule has 0 amide bonds. The third-order valence-corrected chi connectivity index (χ3v) is 5.18. The van der Waals surface area contributed by atoms with E-state index in [0.717, 1.165) is 24.4 Å². The molecule has 0 spiro atoms. The van der Waals surface area contributed by atoms with Crippen LogP contribution in [0, 0.1) is 5.92 Å². The summed E-state index contributed by atoms with van der Waals surface area (Å²) < 4.78 is 23.1. The summed E-state index contributed by atoms with van der Waals surface area (Å²) >= 11 is 6.14. The average Bonchev–Trinajstić information content (AvgIpc) is 2.33. The summed E-state index contributed by atoms with van der Waals surface area (Å²) in [5, 5.41) is 3.96. The first kappa shape index (κ1) is 14.7. The summed E-state index contributed by atoms with van der Waals surface area (Å²) in [7, 11) is -3.19. The van der Waals surface area contributed by atoms with Crippen LogP contribution in [0.1, 0.15) is 32.6 Å². The fraction of sp³-hybridized carbons (Fsp3) is 0.571. The fourth-order valence-corrected chi connectivity index (χ4v) is 3.29. The number of sulfone groups is 1. The van der Waals surface area contributed by atoms with E-state index in [4.69, 9.17) is 11.6 Å². The molecule has 0 saturated heterocycles. The summed E-state index contributed by atoms with van der Waals surface area (Å²) in [5.74, 6) is 0.788. The van der Waals surface area contributed by atoms with Gasteiger partial charge in [0.1, 0.15) is 0 Å². The predicted molar refractivity (Wildman–Crippen MR) is 79.6 cm³/mol. The lowest BCUT2D eigenvalue weighted by Gasteiger charge is -2.28. The van der Waals surface area contributed by atoms with Crippen LogP contribution in [0.3, 0.4) is 0 Å². The molecule has 0 heterocycles. The smallest absolute Gasteiger partial charge is 0.175 e. The molecule has 1 aliphatic carbocycles. The van der Waals surface area contributed by atoms with Gasteiger partial charge in [-0.3, -0.25) is 0 Å². The summed E-state index contributed by atoms with van der Waals surface area (Å²) in [4.78, 5) is 0.309. The number of halogens is 1. The molecule has 2 rings (SSSR count). The van der Waals surface area contributed by atoms with E-state index in [1.54, 1.807) is 18.2 Å². The van der Waals surface area contributed by atoms with Gasteiger partial charge in [0.25, 0.3) is 0 Å². The highest BCUT2D eigenvalue weighted by molar-refractivity contribution is 7.90. The van der Waals surface area contributed by atoms with Gasteiger partial charge in [-0.25, -0.2) is 8.42 Å². The summed E-state index contributed by atoms with van der Waals surface area (Å²) in [6.45, 7) is 2.27. The Morgan fingerprint density at radius 2 is 1.84 bits per heavy atom. The van der Waals surface area contributed by atoms with E-state index in [9.17, 15) is 8.42 Å². The van der Waals surface area contributed by atoms with Gasteiger partial charge in [-0.2, -0.15) is 0 Å². The van der Waals surface area contributed by atoms with Gasteiger partial charge in [-0.05, 0) is 49.8 Å². The van der Waals surface area contributed by atoms with Crippen molar-refractivity contribution in [3.63, 3.8) is 0 Å². The molecule has 3 nitrogen and oxygen atoms in total. The van der Waals surface area contributed by atoms with Crippen molar-refractivity contribution in [2.75, 3.05) is 11.6 Å². The third kappa shape index (κ3) is 3.86. The van der Waals surface area contributed by atoms with Crippen LogP contribution < -0.4 is 5.32 Å². The van der Waals surface area contributed by atoms with Crippen LogP contribution in [-0.4, -0.2) is 20.7 Å². The maximum Gasteiger partial charge on any atom is 0.175 e. The van der Waals surface area contributed by atoms with Crippen LogP contribution in [0.2, 0.25) is 5.02 Å². The Morgan fingerprint density at radius 3 is 2.42 bits per heavy atom. The molecule has 1 saturated carbocycles. The zero-order chi connectivity index (χ0) is 14.0. The quantitative estimate of drug-likeness (QED) is 0.925. The van der Waals surface area contributed by atoms with Gasteiger partial charge in [0, 0.05) is 12.3 Å². The second-order valence-electron chi connectivity index (χ2n) is 5.51. The Bertz CT molecular complexity index is 549. The van der Waals surface area contributed by atoms with Gasteiger partial charge in [0.2, 0.25) is 0 Å². The summed E-state index contributed by atoms with van der Waals surface area (Å²) in [6, 6.07) is 5.22. The Labute approximate surface area is 120 Å². The molecule has 19 heavy (non-hydrogen) atoms. The van der Waals surface area contributed by atoms with Gasteiger partial charge in [-0.15, -0.1) is 0 Å². The van der Waals surface area contributed by atoms with E-state index in [2.05, 4.69) is 12.2 Å². The van der Waals surface area contributed by atoms with Crippen molar-refractivity contribution in [3.8, 4) is 0 Å². The first-order chi connectivity index (χ1) is 8.86. The lowest BCUT2D eigenvalue weighted by Crippen LogP contribution is -2.25. The summed E-state index contributed by atoms with van der Waals surface area (Å²) in [5.41, 5.74) is 0.726. The average molecular weight is 302 g/mol. The molecule has 0 radical (unpaired) electrons. The molecular weight excluding hydrogens is 282 g/mol. The van der Waals surface area contributed by atoms with Crippen molar-refractivity contribution < 1.29 is 8.42 Å². The Balaban J connectivity index is 2.16. The van der Waals surface area contributed by atoms with Gasteiger partial charge in [-0.1, -0.05) is 18.5 Å². The lowest BCUT2D eigenvalue weighted by molar-refractivity contribution is 0.361. The number of rotatable bonds is 3. The number of hydrogen-bond acceptors (Lipinski definition) is 3. The maximum atomic E-state index is 11.6.